The highest BCUT2D eigenvalue weighted by atomic mass is 19.1. The number of fused-ring (bicyclic) bond motifs is 2. The zero-order valence-corrected chi connectivity index (χ0v) is 29.7. The van der Waals surface area contributed by atoms with Crippen LogP contribution in [0.4, 0.5) is 19.4 Å². The summed E-state index contributed by atoms with van der Waals surface area (Å²) in [4.78, 5) is 31.4. The smallest absolute Gasteiger partial charge is 0.410 e. The number of hydrogen-bond acceptors (Lipinski definition) is 11. The number of carbonyl (C=O) groups excluding carboxylic acids is 1. The summed E-state index contributed by atoms with van der Waals surface area (Å²) >= 11 is 0. The van der Waals surface area contributed by atoms with E-state index in [1.54, 1.807) is 52.9 Å². The maximum Gasteiger partial charge on any atom is 0.410 e. The summed E-state index contributed by atoms with van der Waals surface area (Å²) in [5.74, 6) is -0.421. The first-order valence-electron chi connectivity index (χ1n) is 16.8. The number of para-hydroxylation sites is 1. The number of amides is 1. The molecule has 1 amide bonds. The van der Waals surface area contributed by atoms with Gasteiger partial charge in [-0.3, -0.25) is 4.90 Å². The van der Waals surface area contributed by atoms with E-state index in [4.69, 9.17) is 23.7 Å². The Morgan fingerprint density at radius 3 is 2.53 bits per heavy atom. The number of methoxy groups -OCH3 is 1. The van der Waals surface area contributed by atoms with Crippen LogP contribution < -0.4 is 14.4 Å². The highest BCUT2D eigenvalue weighted by molar-refractivity contribution is 5.90. The minimum atomic E-state index is -0.788. The summed E-state index contributed by atoms with van der Waals surface area (Å²) in [6, 6.07) is 5.56. The first-order valence-corrected chi connectivity index (χ1v) is 16.8. The number of carbonyl (C=O) groups is 1. The molecule has 0 radical (unpaired) electrons. The number of pyridine rings is 1. The molecule has 3 unspecified atom stereocenters. The van der Waals surface area contributed by atoms with E-state index in [1.165, 1.54) is 31.0 Å². The van der Waals surface area contributed by atoms with Gasteiger partial charge in [0, 0.05) is 45.5 Å². The Balaban J connectivity index is 0.000000444. The van der Waals surface area contributed by atoms with Crippen molar-refractivity contribution >= 4 is 22.8 Å². The van der Waals surface area contributed by atoms with Gasteiger partial charge >= 0.3 is 12.1 Å². The molecule has 3 atom stereocenters. The Kier molecular flexibility index (Phi) is 11.4. The topological polar surface area (TPSA) is 112 Å². The lowest BCUT2D eigenvalue weighted by molar-refractivity contribution is -0.0454. The van der Waals surface area contributed by atoms with Crippen molar-refractivity contribution in [2.24, 2.45) is 0 Å². The van der Waals surface area contributed by atoms with Gasteiger partial charge in [0.15, 0.2) is 6.29 Å². The number of ether oxygens (including phenoxy) is 5. The summed E-state index contributed by atoms with van der Waals surface area (Å²) in [7, 11) is 6.61. The van der Waals surface area contributed by atoms with Crippen LogP contribution in [0.3, 0.4) is 0 Å². The maximum atomic E-state index is 16.0. The zero-order valence-electron chi connectivity index (χ0n) is 29.7. The van der Waals surface area contributed by atoms with Gasteiger partial charge in [-0.25, -0.2) is 14.2 Å². The Morgan fingerprint density at radius 2 is 1.90 bits per heavy atom. The molecular weight excluding hydrogens is 638 g/mol. The average Bonchev–Trinajstić information content (AvgIpc) is 3.81. The van der Waals surface area contributed by atoms with Crippen LogP contribution in [0.15, 0.2) is 24.4 Å². The minimum Gasteiger partial charge on any atom is -0.467 e. The molecule has 1 aromatic carbocycles. The number of hydrogen-bond donors (Lipinski definition) is 0. The number of halogens is 2. The first kappa shape index (κ1) is 36.4. The average molecular weight is 687 g/mol. The van der Waals surface area contributed by atoms with Crippen LogP contribution >= 0.6 is 0 Å². The van der Waals surface area contributed by atoms with Gasteiger partial charge in [0.1, 0.15) is 28.9 Å². The van der Waals surface area contributed by atoms with Crippen molar-refractivity contribution in [2.75, 3.05) is 59.5 Å². The highest BCUT2D eigenvalue weighted by Crippen LogP contribution is 2.43. The van der Waals surface area contributed by atoms with Crippen LogP contribution in [0, 0.1) is 5.82 Å². The second kappa shape index (κ2) is 15.3. The lowest BCUT2D eigenvalue weighted by Crippen LogP contribution is -2.36. The molecule has 0 aliphatic carbocycles. The van der Waals surface area contributed by atoms with Crippen LogP contribution in [-0.4, -0.2) is 103 Å². The van der Waals surface area contributed by atoms with E-state index in [1.807, 2.05) is 19.1 Å². The fourth-order valence-corrected chi connectivity index (χ4v) is 6.47. The van der Waals surface area contributed by atoms with Crippen LogP contribution in [0.1, 0.15) is 76.8 Å². The van der Waals surface area contributed by atoms with E-state index in [2.05, 4.69) is 19.9 Å². The number of nitrogens with zero attached hydrogens (tertiary/aromatic N) is 6. The molecule has 3 aliphatic rings. The summed E-state index contributed by atoms with van der Waals surface area (Å²) in [5, 5.41) is 0.391. The summed E-state index contributed by atoms with van der Waals surface area (Å²) < 4.78 is 57.2. The van der Waals surface area contributed by atoms with Gasteiger partial charge in [0.05, 0.1) is 37.3 Å². The molecule has 49 heavy (non-hydrogen) atoms. The van der Waals surface area contributed by atoms with Crippen molar-refractivity contribution in [2.45, 2.75) is 83.5 Å². The third-order valence-electron chi connectivity index (χ3n) is 8.72. The number of aromatic nitrogens is 3. The third-order valence-corrected chi connectivity index (χ3v) is 8.72. The third kappa shape index (κ3) is 8.30. The van der Waals surface area contributed by atoms with Crippen LogP contribution in [0.2, 0.25) is 0 Å². The quantitative estimate of drug-likeness (QED) is 0.256. The molecule has 0 bridgehead atoms. The lowest BCUT2D eigenvalue weighted by atomic mass is 9.98. The molecule has 0 spiro atoms. The first-order chi connectivity index (χ1) is 23.3. The van der Waals surface area contributed by atoms with Gasteiger partial charge < -0.3 is 33.5 Å². The molecule has 0 N–H and O–H groups in total. The maximum absolute atomic E-state index is 16.0. The van der Waals surface area contributed by atoms with Crippen molar-refractivity contribution in [3.63, 3.8) is 0 Å². The van der Waals surface area contributed by atoms with Crippen LogP contribution in [-0.2, 0) is 14.2 Å². The molecule has 5 heterocycles. The van der Waals surface area contributed by atoms with Crippen LogP contribution in [0.5, 0.6) is 17.6 Å². The van der Waals surface area contributed by atoms with Crippen LogP contribution in [0.25, 0.3) is 10.9 Å². The van der Waals surface area contributed by atoms with E-state index in [0.29, 0.717) is 54.6 Å². The predicted octanol–water partition coefficient (Wildman–Crippen LogP) is 6.59. The number of benzene rings is 1. The molecule has 3 saturated heterocycles. The highest BCUT2D eigenvalue weighted by Gasteiger charge is 2.35. The molecule has 3 aromatic rings. The summed E-state index contributed by atoms with van der Waals surface area (Å²) in [6.07, 6.45) is 3.55. The lowest BCUT2D eigenvalue weighted by Gasteiger charge is -2.32. The number of rotatable bonds is 8. The van der Waals surface area contributed by atoms with E-state index in [-0.39, 0.29) is 23.2 Å². The standard InChI is InChI=1S/C28H36FN5O6.C7H12FN/c1-9-19(34(7)27(35)40-28(2,3)4)16-11-10-12-17(25-37-13-14-38-25)22(16)39-24-20(29)21-18(23(32-24)33(5)6)15-30-26(31-21)36-8;8-6-4-7-2-1-3-9(7)5-6/h10-12,15,19,25H,9,13-14H2,1-8H3;6-7H,1-5H2. The van der Waals surface area contributed by atoms with E-state index in [9.17, 15) is 9.18 Å². The van der Waals surface area contributed by atoms with Crippen molar-refractivity contribution in [3.8, 4) is 17.6 Å². The molecule has 12 nitrogen and oxygen atoms in total. The Morgan fingerprint density at radius 1 is 1.16 bits per heavy atom. The fraction of sp³-hybridized carbons (Fsp3) is 0.600. The van der Waals surface area contributed by atoms with Gasteiger partial charge in [-0.1, -0.05) is 25.1 Å². The largest absolute Gasteiger partial charge is 0.467 e. The molecule has 0 saturated carbocycles. The second-order valence-electron chi connectivity index (χ2n) is 13.6. The van der Waals surface area contributed by atoms with Crippen molar-refractivity contribution in [3.05, 3.63) is 41.3 Å². The summed E-state index contributed by atoms with van der Waals surface area (Å²) in [5.41, 5.74) is 0.463. The SMILES string of the molecule is CCC(c1cccc(C2OCCO2)c1Oc1nc(N(C)C)c2cnc(OC)nc2c1F)N(C)C(=O)OC(C)(C)C.FC1CC2CCCN2C1. The van der Waals surface area contributed by atoms with E-state index >= 15 is 4.39 Å². The number of anilines is 1. The van der Waals surface area contributed by atoms with E-state index in [0.717, 1.165) is 13.0 Å². The van der Waals surface area contributed by atoms with Crippen molar-refractivity contribution in [1.29, 1.82) is 0 Å². The predicted molar refractivity (Wildman–Crippen MR) is 180 cm³/mol. The second-order valence-corrected chi connectivity index (χ2v) is 13.6. The Bertz CT molecular complexity index is 1600. The monoisotopic (exact) mass is 686 g/mol. The fourth-order valence-electron chi connectivity index (χ4n) is 6.47. The van der Waals surface area contributed by atoms with Gasteiger partial charge in [0.2, 0.25) is 5.82 Å². The zero-order chi connectivity index (χ0) is 35.5. The minimum absolute atomic E-state index is 0.00661. The summed E-state index contributed by atoms with van der Waals surface area (Å²) in [6.45, 7) is 10.00. The molecule has 6 rings (SSSR count). The Labute approximate surface area is 286 Å². The Hall–Kier alpha value is -3.88. The van der Waals surface area contributed by atoms with Gasteiger partial charge in [-0.05, 0) is 53.0 Å². The molecule has 2 aromatic heterocycles. The van der Waals surface area contributed by atoms with Crippen molar-refractivity contribution < 1.29 is 37.3 Å². The van der Waals surface area contributed by atoms with Gasteiger partial charge in [-0.15, -0.1) is 0 Å². The van der Waals surface area contributed by atoms with Crippen molar-refractivity contribution in [1.82, 2.24) is 24.8 Å². The van der Waals surface area contributed by atoms with Gasteiger partial charge in [0.25, 0.3) is 5.88 Å². The molecule has 14 heteroatoms. The molecule has 3 fully saturated rings. The van der Waals surface area contributed by atoms with Gasteiger partial charge in [-0.2, -0.15) is 14.4 Å². The normalized spacial score (nSPS) is 20.0. The molecule has 268 valence electrons. The number of alkyl halides is 1. The van der Waals surface area contributed by atoms with E-state index < -0.39 is 36.0 Å². The molecular formula is C35H48F2N6O6. The molecule has 3 aliphatic heterocycles.